The van der Waals surface area contributed by atoms with Gasteiger partial charge in [-0.2, -0.15) is 0 Å². The lowest BCUT2D eigenvalue weighted by Crippen LogP contribution is -2.51. The third-order valence-corrected chi connectivity index (χ3v) is 4.29. The van der Waals surface area contributed by atoms with Gasteiger partial charge in [-0.05, 0) is 38.1 Å². The van der Waals surface area contributed by atoms with E-state index in [2.05, 4.69) is 10.3 Å². The van der Waals surface area contributed by atoms with Gasteiger partial charge in [0.2, 0.25) is 5.91 Å². The standard InChI is InChI=1S/C18H23FN4O2/c1-12(2)20-17(24)11-22-5-7-23(8-6-22)18(25)16-10-13-9-14(19)3-4-15(13)21-16/h3-4,9-10,12,21H,5-8,11H2,1-2H3,(H,20,24). The fraction of sp³-hybridized carbons (Fsp3) is 0.444. The van der Waals surface area contributed by atoms with Crippen molar-refractivity contribution >= 4 is 22.7 Å². The van der Waals surface area contributed by atoms with Gasteiger partial charge in [-0.1, -0.05) is 0 Å². The summed E-state index contributed by atoms with van der Waals surface area (Å²) in [5.74, 6) is -0.408. The number of fused-ring (bicyclic) bond motifs is 1. The van der Waals surface area contributed by atoms with Crippen molar-refractivity contribution in [1.82, 2.24) is 20.1 Å². The summed E-state index contributed by atoms with van der Waals surface area (Å²) < 4.78 is 13.3. The molecule has 1 fully saturated rings. The Labute approximate surface area is 146 Å². The van der Waals surface area contributed by atoms with Crippen LogP contribution in [-0.2, 0) is 4.79 Å². The number of nitrogens with one attached hydrogen (secondary N) is 2. The van der Waals surface area contributed by atoms with Crippen LogP contribution in [0.5, 0.6) is 0 Å². The molecule has 2 amide bonds. The summed E-state index contributed by atoms with van der Waals surface area (Å²) in [4.78, 5) is 31.3. The van der Waals surface area contributed by atoms with Crippen LogP contribution in [0, 0.1) is 5.82 Å². The van der Waals surface area contributed by atoms with E-state index in [-0.39, 0.29) is 23.7 Å². The highest BCUT2D eigenvalue weighted by Gasteiger charge is 2.24. The first-order chi connectivity index (χ1) is 11.9. The lowest BCUT2D eigenvalue weighted by Gasteiger charge is -2.34. The Hall–Kier alpha value is -2.41. The molecule has 2 aromatic rings. The fourth-order valence-electron chi connectivity index (χ4n) is 3.07. The molecule has 134 valence electrons. The second-order valence-electron chi connectivity index (χ2n) is 6.71. The van der Waals surface area contributed by atoms with Gasteiger partial charge in [0.15, 0.2) is 0 Å². The number of H-pyrrole nitrogens is 1. The molecule has 0 saturated carbocycles. The van der Waals surface area contributed by atoms with E-state index in [1.54, 1.807) is 17.0 Å². The Morgan fingerprint density at radius 2 is 1.92 bits per heavy atom. The number of amides is 2. The number of piperazine rings is 1. The van der Waals surface area contributed by atoms with Gasteiger partial charge in [-0.3, -0.25) is 14.5 Å². The molecule has 25 heavy (non-hydrogen) atoms. The Bertz CT molecular complexity index is 778. The van der Waals surface area contributed by atoms with Crippen molar-refractivity contribution in [2.45, 2.75) is 19.9 Å². The largest absolute Gasteiger partial charge is 0.353 e. The monoisotopic (exact) mass is 346 g/mol. The van der Waals surface area contributed by atoms with Gasteiger partial charge in [0, 0.05) is 43.1 Å². The summed E-state index contributed by atoms with van der Waals surface area (Å²) in [6.45, 7) is 6.67. The minimum absolute atomic E-state index is 0.00687. The van der Waals surface area contributed by atoms with E-state index in [1.807, 2.05) is 18.7 Å². The summed E-state index contributed by atoms with van der Waals surface area (Å²) in [5, 5.41) is 3.56. The first-order valence-electron chi connectivity index (χ1n) is 8.51. The molecule has 1 aliphatic rings. The molecule has 1 aliphatic heterocycles. The highest BCUT2D eigenvalue weighted by atomic mass is 19.1. The van der Waals surface area contributed by atoms with E-state index in [4.69, 9.17) is 0 Å². The van der Waals surface area contributed by atoms with Crippen molar-refractivity contribution in [1.29, 1.82) is 0 Å². The van der Waals surface area contributed by atoms with Crippen molar-refractivity contribution < 1.29 is 14.0 Å². The van der Waals surface area contributed by atoms with Gasteiger partial charge < -0.3 is 15.2 Å². The molecule has 0 atom stereocenters. The van der Waals surface area contributed by atoms with E-state index in [9.17, 15) is 14.0 Å². The van der Waals surface area contributed by atoms with Crippen LogP contribution in [0.4, 0.5) is 4.39 Å². The normalized spacial score (nSPS) is 15.8. The van der Waals surface area contributed by atoms with Crippen LogP contribution in [0.3, 0.4) is 0 Å². The molecule has 0 unspecified atom stereocenters. The first-order valence-corrected chi connectivity index (χ1v) is 8.51. The van der Waals surface area contributed by atoms with Gasteiger partial charge in [0.05, 0.1) is 6.54 Å². The van der Waals surface area contributed by atoms with Crippen molar-refractivity contribution in [2.75, 3.05) is 32.7 Å². The Morgan fingerprint density at radius 3 is 2.60 bits per heavy atom. The molecule has 2 N–H and O–H groups in total. The molecule has 2 heterocycles. The van der Waals surface area contributed by atoms with E-state index in [0.717, 1.165) is 5.52 Å². The molecular formula is C18H23FN4O2. The number of hydrogen-bond donors (Lipinski definition) is 2. The zero-order chi connectivity index (χ0) is 18.0. The number of benzene rings is 1. The smallest absolute Gasteiger partial charge is 0.270 e. The maximum absolute atomic E-state index is 13.3. The summed E-state index contributed by atoms with van der Waals surface area (Å²) >= 11 is 0. The van der Waals surface area contributed by atoms with Crippen LogP contribution in [0.15, 0.2) is 24.3 Å². The first kappa shape index (κ1) is 17.4. The molecule has 0 radical (unpaired) electrons. The van der Waals surface area contributed by atoms with Gasteiger partial charge in [0.25, 0.3) is 5.91 Å². The average molecular weight is 346 g/mol. The molecule has 7 heteroatoms. The van der Waals surface area contributed by atoms with Crippen LogP contribution in [0.2, 0.25) is 0 Å². The zero-order valence-corrected chi connectivity index (χ0v) is 14.5. The number of carbonyl (C=O) groups is 2. The van der Waals surface area contributed by atoms with Crippen molar-refractivity contribution in [3.8, 4) is 0 Å². The van der Waals surface area contributed by atoms with Crippen molar-refractivity contribution in [2.24, 2.45) is 0 Å². The van der Waals surface area contributed by atoms with Gasteiger partial charge in [-0.15, -0.1) is 0 Å². The maximum atomic E-state index is 13.3. The topological polar surface area (TPSA) is 68.4 Å². The number of halogens is 1. The summed E-state index contributed by atoms with van der Waals surface area (Å²) in [7, 11) is 0. The van der Waals surface area contributed by atoms with Gasteiger partial charge in [-0.25, -0.2) is 4.39 Å². The zero-order valence-electron chi connectivity index (χ0n) is 14.5. The Morgan fingerprint density at radius 1 is 1.20 bits per heavy atom. The van der Waals surface area contributed by atoms with Gasteiger partial charge in [0.1, 0.15) is 11.5 Å². The van der Waals surface area contributed by atoms with E-state index in [1.165, 1.54) is 12.1 Å². The molecule has 1 aromatic carbocycles. The minimum Gasteiger partial charge on any atom is -0.353 e. The summed E-state index contributed by atoms with van der Waals surface area (Å²) in [6.07, 6.45) is 0. The fourth-order valence-corrected chi connectivity index (χ4v) is 3.07. The summed E-state index contributed by atoms with van der Waals surface area (Å²) in [5.41, 5.74) is 1.21. The molecule has 3 rings (SSSR count). The van der Waals surface area contributed by atoms with Crippen molar-refractivity contribution in [3.63, 3.8) is 0 Å². The van der Waals surface area contributed by atoms with Crippen molar-refractivity contribution in [3.05, 3.63) is 35.8 Å². The predicted octanol–water partition coefficient (Wildman–Crippen LogP) is 1.59. The van der Waals surface area contributed by atoms with E-state index >= 15 is 0 Å². The lowest BCUT2D eigenvalue weighted by atomic mass is 10.2. The van der Waals surface area contributed by atoms with Crippen LogP contribution in [-0.4, -0.2) is 65.4 Å². The van der Waals surface area contributed by atoms with E-state index in [0.29, 0.717) is 43.8 Å². The Kier molecular flexibility index (Phi) is 5.03. The molecule has 1 saturated heterocycles. The number of aromatic amines is 1. The second kappa shape index (κ2) is 7.23. The third kappa shape index (κ3) is 4.17. The Balaban J connectivity index is 1.58. The summed E-state index contributed by atoms with van der Waals surface area (Å²) in [6, 6.07) is 6.22. The highest BCUT2D eigenvalue weighted by Crippen LogP contribution is 2.18. The highest BCUT2D eigenvalue weighted by molar-refractivity contribution is 5.98. The number of carbonyl (C=O) groups excluding carboxylic acids is 2. The lowest BCUT2D eigenvalue weighted by molar-refractivity contribution is -0.123. The number of nitrogens with zero attached hydrogens (tertiary/aromatic N) is 2. The molecule has 1 aromatic heterocycles. The minimum atomic E-state index is -0.321. The number of hydrogen-bond acceptors (Lipinski definition) is 3. The quantitative estimate of drug-likeness (QED) is 0.883. The molecule has 0 aliphatic carbocycles. The maximum Gasteiger partial charge on any atom is 0.270 e. The van der Waals surface area contributed by atoms with Gasteiger partial charge >= 0.3 is 0 Å². The predicted molar refractivity (Wildman–Crippen MR) is 93.9 cm³/mol. The molecule has 0 bridgehead atoms. The molecule has 0 spiro atoms. The van der Waals surface area contributed by atoms with Crippen LogP contribution in [0.1, 0.15) is 24.3 Å². The average Bonchev–Trinajstić information content (AvgIpc) is 2.97. The third-order valence-electron chi connectivity index (χ3n) is 4.29. The second-order valence-corrected chi connectivity index (χ2v) is 6.71. The van der Waals surface area contributed by atoms with Crippen LogP contribution in [0.25, 0.3) is 10.9 Å². The van der Waals surface area contributed by atoms with E-state index < -0.39 is 0 Å². The number of aromatic nitrogens is 1. The van der Waals surface area contributed by atoms with Crippen LogP contribution >= 0.6 is 0 Å². The molecular weight excluding hydrogens is 323 g/mol. The van der Waals surface area contributed by atoms with Crippen LogP contribution < -0.4 is 5.32 Å². The number of rotatable bonds is 4. The SMILES string of the molecule is CC(C)NC(=O)CN1CCN(C(=O)c2cc3cc(F)ccc3[nH]2)CC1. The molecule has 6 nitrogen and oxygen atoms in total.